The van der Waals surface area contributed by atoms with Gasteiger partial charge in [-0.05, 0) is 18.2 Å². The SMILES string of the molecule is O=C(C1=NC[C@@H](c2c[nH]c3ccccc23)N1)c1c[nH]c2cc(Br)ccc12. The Bertz CT molecular complexity index is 1190. The van der Waals surface area contributed by atoms with E-state index in [2.05, 4.69) is 42.3 Å². The predicted octanol–water partition coefficient (Wildman–Crippen LogP) is 4.34. The maximum atomic E-state index is 13.0. The molecule has 5 nitrogen and oxygen atoms in total. The van der Waals surface area contributed by atoms with E-state index in [4.69, 9.17) is 0 Å². The smallest absolute Gasteiger partial charge is 0.229 e. The van der Waals surface area contributed by atoms with Crippen molar-refractivity contribution in [2.24, 2.45) is 4.99 Å². The number of fused-ring (bicyclic) bond motifs is 2. The second-order valence-electron chi connectivity index (χ2n) is 6.40. The molecule has 2 aromatic carbocycles. The van der Waals surface area contributed by atoms with Crippen molar-refractivity contribution in [2.75, 3.05) is 6.54 Å². The standard InChI is InChI=1S/C20H15BrN4O/c21-11-5-6-13-15(9-23-17(13)7-11)19(26)20-24-10-18(25-20)14-8-22-16-4-2-1-3-12(14)16/h1-9,18,22-23H,10H2,(H,24,25)/t18-/m0/s1. The fourth-order valence-corrected chi connectivity index (χ4v) is 3.91. The highest BCUT2D eigenvalue weighted by molar-refractivity contribution is 9.10. The van der Waals surface area contributed by atoms with E-state index in [9.17, 15) is 4.79 Å². The van der Waals surface area contributed by atoms with Gasteiger partial charge in [-0.2, -0.15) is 0 Å². The van der Waals surface area contributed by atoms with Crippen LogP contribution in [0.3, 0.4) is 0 Å². The Kier molecular flexibility index (Phi) is 3.46. The lowest BCUT2D eigenvalue weighted by molar-refractivity contribution is 0.106. The van der Waals surface area contributed by atoms with Crippen molar-refractivity contribution in [2.45, 2.75) is 6.04 Å². The van der Waals surface area contributed by atoms with Crippen LogP contribution in [0, 0.1) is 0 Å². The lowest BCUT2D eigenvalue weighted by Gasteiger charge is -2.10. The van der Waals surface area contributed by atoms with Gasteiger partial charge >= 0.3 is 0 Å². The molecule has 0 aliphatic carbocycles. The number of nitrogens with zero attached hydrogens (tertiary/aromatic N) is 1. The average molecular weight is 407 g/mol. The molecule has 0 radical (unpaired) electrons. The zero-order valence-electron chi connectivity index (χ0n) is 13.7. The van der Waals surface area contributed by atoms with Gasteiger partial charge in [0.05, 0.1) is 18.2 Å². The number of hydrogen-bond acceptors (Lipinski definition) is 3. The zero-order chi connectivity index (χ0) is 17.7. The number of aliphatic imine (C=N–C) groups is 1. The topological polar surface area (TPSA) is 73.0 Å². The van der Waals surface area contributed by atoms with E-state index in [1.165, 1.54) is 0 Å². The third-order valence-corrected chi connectivity index (χ3v) is 5.34. The molecule has 0 fully saturated rings. The molecule has 0 saturated carbocycles. The van der Waals surface area contributed by atoms with Crippen molar-refractivity contribution in [1.82, 2.24) is 15.3 Å². The van der Waals surface area contributed by atoms with E-state index in [-0.39, 0.29) is 11.8 Å². The largest absolute Gasteiger partial charge is 0.361 e. The number of aromatic amines is 2. The molecule has 3 heterocycles. The Labute approximate surface area is 157 Å². The molecule has 0 unspecified atom stereocenters. The summed E-state index contributed by atoms with van der Waals surface area (Å²) < 4.78 is 0.974. The molecule has 0 saturated heterocycles. The summed E-state index contributed by atoms with van der Waals surface area (Å²) in [5.41, 5.74) is 3.79. The molecule has 26 heavy (non-hydrogen) atoms. The highest BCUT2D eigenvalue weighted by atomic mass is 79.9. The maximum Gasteiger partial charge on any atom is 0.229 e. The molecule has 1 aliphatic rings. The van der Waals surface area contributed by atoms with Gasteiger partial charge in [0.15, 0.2) is 5.84 Å². The lowest BCUT2D eigenvalue weighted by Crippen LogP contribution is -2.29. The second kappa shape index (κ2) is 5.85. The molecule has 1 aliphatic heterocycles. The first kappa shape index (κ1) is 15.4. The van der Waals surface area contributed by atoms with Crippen molar-refractivity contribution in [3.63, 3.8) is 0 Å². The summed E-state index contributed by atoms with van der Waals surface area (Å²) in [5, 5.41) is 5.37. The molecule has 0 spiro atoms. The van der Waals surface area contributed by atoms with Crippen LogP contribution in [-0.4, -0.2) is 28.1 Å². The lowest BCUT2D eigenvalue weighted by atomic mass is 10.1. The Morgan fingerprint density at radius 2 is 1.88 bits per heavy atom. The summed E-state index contributed by atoms with van der Waals surface area (Å²) in [4.78, 5) is 23.9. The van der Waals surface area contributed by atoms with Crippen LogP contribution in [0.1, 0.15) is 22.0 Å². The van der Waals surface area contributed by atoms with Crippen molar-refractivity contribution in [1.29, 1.82) is 0 Å². The van der Waals surface area contributed by atoms with E-state index in [1.807, 2.05) is 42.6 Å². The van der Waals surface area contributed by atoms with Gasteiger partial charge < -0.3 is 15.3 Å². The summed E-state index contributed by atoms with van der Waals surface area (Å²) in [6.45, 7) is 0.552. The van der Waals surface area contributed by atoms with Crippen LogP contribution < -0.4 is 5.32 Å². The average Bonchev–Trinajstić information content (AvgIpc) is 3.38. The van der Waals surface area contributed by atoms with Crippen LogP contribution in [-0.2, 0) is 0 Å². The number of hydrogen-bond donors (Lipinski definition) is 3. The minimum absolute atomic E-state index is 0.00412. The molecule has 3 N–H and O–H groups in total. The van der Waals surface area contributed by atoms with Gasteiger partial charge in [0.25, 0.3) is 0 Å². The van der Waals surface area contributed by atoms with Crippen LogP contribution in [0.5, 0.6) is 0 Å². The number of carbonyl (C=O) groups excluding carboxylic acids is 1. The number of para-hydroxylation sites is 1. The van der Waals surface area contributed by atoms with Gasteiger partial charge in [-0.25, -0.2) is 0 Å². The number of rotatable bonds is 3. The normalized spacial score (nSPS) is 16.8. The van der Waals surface area contributed by atoms with Crippen molar-refractivity contribution in [3.05, 3.63) is 70.5 Å². The molecule has 5 rings (SSSR count). The molecular weight excluding hydrogens is 392 g/mol. The van der Waals surface area contributed by atoms with E-state index >= 15 is 0 Å². The molecular formula is C20H15BrN4O. The highest BCUT2D eigenvalue weighted by Crippen LogP contribution is 2.28. The van der Waals surface area contributed by atoms with Crippen molar-refractivity contribution >= 4 is 49.4 Å². The Morgan fingerprint density at radius 1 is 1.04 bits per heavy atom. The third kappa shape index (κ3) is 2.37. The highest BCUT2D eigenvalue weighted by Gasteiger charge is 2.27. The summed E-state index contributed by atoms with van der Waals surface area (Å²) in [7, 11) is 0. The molecule has 0 bridgehead atoms. The number of ketones is 1. The molecule has 1 atom stereocenters. The van der Waals surface area contributed by atoms with Gasteiger partial charge in [-0.3, -0.25) is 9.79 Å². The molecule has 0 amide bonds. The summed E-state index contributed by atoms with van der Waals surface area (Å²) in [6, 6.07) is 14.0. The van der Waals surface area contributed by atoms with E-state index in [1.54, 1.807) is 6.20 Å². The van der Waals surface area contributed by atoms with Crippen LogP contribution in [0.4, 0.5) is 0 Å². The second-order valence-corrected chi connectivity index (χ2v) is 7.31. The first-order valence-corrected chi connectivity index (χ1v) is 9.18. The number of halogens is 1. The maximum absolute atomic E-state index is 13.0. The number of nitrogens with one attached hydrogen (secondary N) is 3. The number of carbonyl (C=O) groups is 1. The number of amidine groups is 1. The van der Waals surface area contributed by atoms with Gasteiger partial charge in [0.1, 0.15) is 0 Å². The number of Topliss-reactive ketones (excluding diaryl/α,β-unsaturated/α-hetero) is 1. The van der Waals surface area contributed by atoms with Crippen molar-refractivity contribution in [3.8, 4) is 0 Å². The minimum Gasteiger partial charge on any atom is -0.361 e. The first-order valence-electron chi connectivity index (χ1n) is 8.39. The van der Waals surface area contributed by atoms with Gasteiger partial charge in [-0.1, -0.05) is 40.2 Å². The van der Waals surface area contributed by atoms with Crippen LogP contribution in [0.15, 0.2) is 64.3 Å². The van der Waals surface area contributed by atoms with Crippen LogP contribution in [0.2, 0.25) is 0 Å². The Morgan fingerprint density at radius 3 is 2.81 bits per heavy atom. The summed E-state index contributed by atoms with van der Waals surface area (Å²) in [6.07, 6.45) is 3.75. The Hall–Kier alpha value is -2.86. The number of aromatic nitrogens is 2. The summed E-state index contributed by atoms with van der Waals surface area (Å²) in [5.74, 6) is 0.338. The van der Waals surface area contributed by atoms with Crippen molar-refractivity contribution < 1.29 is 4.79 Å². The quantitative estimate of drug-likeness (QED) is 0.442. The summed E-state index contributed by atoms with van der Waals surface area (Å²) >= 11 is 3.45. The van der Waals surface area contributed by atoms with Gasteiger partial charge in [-0.15, -0.1) is 0 Å². The van der Waals surface area contributed by atoms with E-state index in [0.717, 1.165) is 31.8 Å². The fourth-order valence-electron chi connectivity index (χ4n) is 3.55. The molecule has 4 aromatic rings. The monoisotopic (exact) mass is 406 g/mol. The van der Waals surface area contributed by atoms with Gasteiger partial charge in [0, 0.05) is 44.2 Å². The third-order valence-electron chi connectivity index (χ3n) is 4.84. The minimum atomic E-state index is -0.0825. The van der Waals surface area contributed by atoms with E-state index < -0.39 is 0 Å². The Balaban J connectivity index is 1.44. The fraction of sp³-hybridized carbons (Fsp3) is 0.100. The van der Waals surface area contributed by atoms with Crippen LogP contribution >= 0.6 is 15.9 Å². The number of H-pyrrole nitrogens is 2. The zero-order valence-corrected chi connectivity index (χ0v) is 15.3. The molecule has 128 valence electrons. The van der Waals surface area contributed by atoms with E-state index in [0.29, 0.717) is 17.9 Å². The first-order chi connectivity index (χ1) is 12.7. The van der Waals surface area contributed by atoms with Crippen LogP contribution in [0.25, 0.3) is 21.8 Å². The predicted molar refractivity (Wildman–Crippen MR) is 107 cm³/mol. The molecule has 2 aromatic heterocycles. The van der Waals surface area contributed by atoms with Gasteiger partial charge in [0.2, 0.25) is 5.78 Å². The molecule has 6 heteroatoms. The number of benzene rings is 2.